The van der Waals surface area contributed by atoms with Gasteiger partial charge in [0.25, 0.3) is 0 Å². The molecule has 2 atom stereocenters. The molecule has 0 bridgehead atoms. The molecule has 0 aliphatic carbocycles. The van der Waals surface area contributed by atoms with Gasteiger partial charge >= 0.3 is 0 Å². The molecule has 1 saturated heterocycles. The Kier molecular flexibility index (Phi) is 4.51. The number of pyridine rings is 1. The van der Waals surface area contributed by atoms with Crippen molar-refractivity contribution in [3.8, 4) is 5.88 Å². The fraction of sp³-hybridized carbons (Fsp3) is 0.389. The largest absolute Gasteiger partial charge is 0.477 e. The lowest BCUT2D eigenvalue weighted by Gasteiger charge is -2.32. The number of benzene rings is 1. The Hall–Kier alpha value is -1.87. The lowest BCUT2D eigenvalue weighted by molar-refractivity contribution is 0.191. The number of piperidine rings is 1. The number of rotatable bonds is 4. The quantitative estimate of drug-likeness (QED) is 0.935. The van der Waals surface area contributed by atoms with E-state index in [2.05, 4.69) is 40.6 Å². The molecule has 3 heteroatoms. The van der Waals surface area contributed by atoms with Gasteiger partial charge in [-0.1, -0.05) is 36.4 Å². The van der Waals surface area contributed by atoms with E-state index in [9.17, 15) is 0 Å². The minimum absolute atomic E-state index is 0.489. The molecule has 3 nitrogen and oxygen atoms in total. The van der Waals surface area contributed by atoms with Crippen LogP contribution in [0, 0.1) is 12.8 Å². The topological polar surface area (TPSA) is 34.1 Å². The van der Waals surface area contributed by atoms with E-state index in [4.69, 9.17) is 4.74 Å². The Morgan fingerprint density at radius 1 is 1.14 bits per heavy atom. The van der Waals surface area contributed by atoms with Crippen molar-refractivity contribution in [3.05, 3.63) is 59.8 Å². The van der Waals surface area contributed by atoms with Crippen LogP contribution in [0.4, 0.5) is 0 Å². The maximum Gasteiger partial charge on any atom is 0.213 e. The zero-order valence-corrected chi connectivity index (χ0v) is 12.5. The van der Waals surface area contributed by atoms with E-state index in [0.29, 0.717) is 18.4 Å². The van der Waals surface area contributed by atoms with Crippen LogP contribution in [0.25, 0.3) is 0 Å². The minimum atomic E-state index is 0.489. The molecule has 1 aliphatic heterocycles. The molecular weight excluding hydrogens is 260 g/mol. The number of ether oxygens (including phenoxy) is 1. The maximum atomic E-state index is 5.93. The highest BCUT2D eigenvalue weighted by Gasteiger charge is 2.26. The van der Waals surface area contributed by atoms with Gasteiger partial charge in [0.05, 0.1) is 6.61 Å². The second-order valence-corrected chi connectivity index (χ2v) is 5.70. The van der Waals surface area contributed by atoms with Gasteiger partial charge in [-0.15, -0.1) is 0 Å². The molecule has 110 valence electrons. The Labute approximate surface area is 126 Å². The van der Waals surface area contributed by atoms with Gasteiger partial charge in [-0.2, -0.15) is 0 Å². The number of aromatic nitrogens is 1. The lowest BCUT2D eigenvalue weighted by atomic mass is 9.81. The second kappa shape index (κ2) is 6.72. The van der Waals surface area contributed by atoms with Crippen LogP contribution < -0.4 is 10.1 Å². The molecule has 3 rings (SSSR count). The number of aryl methyl sites for hydroxylation is 1. The molecule has 0 saturated carbocycles. The number of hydrogen-bond acceptors (Lipinski definition) is 3. The summed E-state index contributed by atoms with van der Waals surface area (Å²) in [5.74, 6) is 1.79. The third-order valence-electron chi connectivity index (χ3n) is 4.14. The molecule has 1 aromatic carbocycles. The summed E-state index contributed by atoms with van der Waals surface area (Å²) in [6, 6.07) is 16.7. The van der Waals surface area contributed by atoms with Crippen LogP contribution in [0.2, 0.25) is 0 Å². The first-order valence-electron chi connectivity index (χ1n) is 7.65. The molecule has 0 unspecified atom stereocenters. The molecule has 21 heavy (non-hydrogen) atoms. The van der Waals surface area contributed by atoms with Crippen LogP contribution in [0.3, 0.4) is 0 Å². The molecule has 0 radical (unpaired) electrons. The van der Waals surface area contributed by atoms with Gasteiger partial charge in [-0.25, -0.2) is 4.98 Å². The summed E-state index contributed by atoms with van der Waals surface area (Å²) in [5, 5.41) is 3.48. The van der Waals surface area contributed by atoms with E-state index in [1.54, 1.807) is 0 Å². The Morgan fingerprint density at radius 3 is 2.81 bits per heavy atom. The van der Waals surface area contributed by atoms with E-state index in [-0.39, 0.29) is 0 Å². The molecule has 1 fully saturated rings. The highest BCUT2D eigenvalue weighted by molar-refractivity contribution is 5.21. The SMILES string of the molecule is Cc1cccc(OC[C@@H]2CNCC[C@H]2c2ccccc2)n1. The van der Waals surface area contributed by atoms with Gasteiger partial charge in [-0.05, 0) is 37.4 Å². The smallest absolute Gasteiger partial charge is 0.213 e. The van der Waals surface area contributed by atoms with E-state index >= 15 is 0 Å². The van der Waals surface area contributed by atoms with Gasteiger partial charge in [0, 0.05) is 24.2 Å². The Morgan fingerprint density at radius 2 is 2.00 bits per heavy atom. The summed E-state index contributed by atoms with van der Waals surface area (Å²) >= 11 is 0. The normalized spacial score (nSPS) is 22.0. The summed E-state index contributed by atoms with van der Waals surface area (Å²) in [6.07, 6.45) is 1.17. The molecule has 1 aromatic heterocycles. The highest BCUT2D eigenvalue weighted by Crippen LogP contribution is 2.30. The van der Waals surface area contributed by atoms with E-state index in [1.165, 1.54) is 12.0 Å². The summed E-state index contributed by atoms with van der Waals surface area (Å²) in [7, 11) is 0. The second-order valence-electron chi connectivity index (χ2n) is 5.70. The predicted molar refractivity (Wildman–Crippen MR) is 84.6 cm³/mol. The van der Waals surface area contributed by atoms with Gasteiger partial charge in [0.2, 0.25) is 5.88 Å². The van der Waals surface area contributed by atoms with Crippen LogP contribution in [0.15, 0.2) is 48.5 Å². The zero-order valence-electron chi connectivity index (χ0n) is 12.5. The lowest BCUT2D eigenvalue weighted by Crippen LogP contribution is -2.38. The van der Waals surface area contributed by atoms with E-state index in [1.807, 2.05) is 25.1 Å². The molecular formula is C18H22N2O. The standard InChI is InChI=1S/C18H22N2O/c1-14-6-5-9-18(20-14)21-13-16-12-19-11-10-17(16)15-7-3-2-4-8-15/h2-9,16-17,19H,10-13H2,1H3/t16-,17-/m0/s1. The Balaban J connectivity index is 1.67. The molecule has 2 heterocycles. The van der Waals surface area contributed by atoms with Gasteiger partial charge < -0.3 is 10.1 Å². The molecule has 0 spiro atoms. The maximum absolute atomic E-state index is 5.93. The van der Waals surface area contributed by atoms with Crippen molar-refractivity contribution >= 4 is 0 Å². The predicted octanol–water partition coefficient (Wildman–Crippen LogP) is 3.16. The van der Waals surface area contributed by atoms with Crippen LogP contribution in [0.1, 0.15) is 23.6 Å². The van der Waals surface area contributed by atoms with Crippen molar-refractivity contribution in [1.29, 1.82) is 0 Å². The summed E-state index contributed by atoms with van der Waals surface area (Å²) < 4.78 is 5.93. The number of nitrogens with zero attached hydrogens (tertiary/aromatic N) is 1. The van der Waals surface area contributed by atoms with Crippen molar-refractivity contribution < 1.29 is 4.74 Å². The van der Waals surface area contributed by atoms with Crippen LogP contribution in [0.5, 0.6) is 5.88 Å². The van der Waals surface area contributed by atoms with Crippen LogP contribution >= 0.6 is 0 Å². The van der Waals surface area contributed by atoms with Gasteiger partial charge in [0.15, 0.2) is 0 Å². The number of hydrogen-bond donors (Lipinski definition) is 1. The van der Waals surface area contributed by atoms with Gasteiger partial charge in [-0.3, -0.25) is 0 Å². The van der Waals surface area contributed by atoms with Crippen molar-refractivity contribution in [2.45, 2.75) is 19.3 Å². The van der Waals surface area contributed by atoms with Crippen molar-refractivity contribution in [1.82, 2.24) is 10.3 Å². The first kappa shape index (κ1) is 14.1. The molecule has 1 N–H and O–H groups in total. The van der Waals surface area contributed by atoms with Crippen molar-refractivity contribution in [2.75, 3.05) is 19.7 Å². The Bertz CT molecular complexity index is 570. The fourth-order valence-electron chi connectivity index (χ4n) is 3.03. The molecule has 0 amide bonds. The van der Waals surface area contributed by atoms with Crippen molar-refractivity contribution in [2.24, 2.45) is 5.92 Å². The highest BCUT2D eigenvalue weighted by atomic mass is 16.5. The third-order valence-corrected chi connectivity index (χ3v) is 4.14. The number of nitrogens with one attached hydrogen (secondary N) is 1. The summed E-state index contributed by atoms with van der Waals surface area (Å²) in [4.78, 5) is 4.41. The fourth-order valence-corrected chi connectivity index (χ4v) is 3.03. The average Bonchev–Trinajstić information content (AvgIpc) is 2.54. The minimum Gasteiger partial charge on any atom is -0.477 e. The molecule has 2 aromatic rings. The first-order chi connectivity index (χ1) is 10.3. The summed E-state index contributed by atoms with van der Waals surface area (Å²) in [5.41, 5.74) is 2.42. The van der Waals surface area contributed by atoms with E-state index < -0.39 is 0 Å². The molecule has 1 aliphatic rings. The van der Waals surface area contributed by atoms with Gasteiger partial charge in [0.1, 0.15) is 0 Å². The van der Waals surface area contributed by atoms with E-state index in [0.717, 1.165) is 24.7 Å². The average molecular weight is 282 g/mol. The zero-order chi connectivity index (χ0) is 14.5. The van der Waals surface area contributed by atoms with Crippen molar-refractivity contribution in [3.63, 3.8) is 0 Å². The van der Waals surface area contributed by atoms with Crippen LogP contribution in [-0.2, 0) is 0 Å². The summed E-state index contributed by atoms with van der Waals surface area (Å²) in [6.45, 7) is 4.79. The first-order valence-corrected chi connectivity index (χ1v) is 7.65. The monoisotopic (exact) mass is 282 g/mol. The van der Waals surface area contributed by atoms with Crippen LogP contribution in [-0.4, -0.2) is 24.7 Å². The third kappa shape index (κ3) is 3.61.